The van der Waals surface area contributed by atoms with E-state index < -0.39 is 13.0 Å². The Bertz CT molecular complexity index is 978. The van der Waals surface area contributed by atoms with Crippen LogP contribution in [0.5, 0.6) is 0 Å². The number of hydrogen-bond acceptors (Lipinski definition) is 6. The molecule has 0 radical (unpaired) electrons. The molecule has 0 unspecified atom stereocenters. The Balaban J connectivity index is 0.00000300. The van der Waals surface area contributed by atoms with Crippen molar-refractivity contribution in [3.8, 4) is 0 Å². The SMILES string of the molecule is Cc1c(F)cccc1CNc1nc(Nc2cnn(CC(F)F)c2)ncc1C=N.[HH]. The van der Waals surface area contributed by atoms with Crippen molar-refractivity contribution in [3.05, 3.63) is 59.3 Å². The highest BCUT2D eigenvalue weighted by Crippen LogP contribution is 2.19. The van der Waals surface area contributed by atoms with Crippen molar-refractivity contribution in [1.82, 2.24) is 19.7 Å². The fraction of sp³-hybridized carbons (Fsp3) is 0.222. The van der Waals surface area contributed by atoms with Crippen LogP contribution < -0.4 is 10.6 Å². The second-order valence-electron chi connectivity index (χ2n) is 5.99. The molecule has 2 heterocycles. The first-order valence-electron chi connectivity index (χ1n) is 8.39. The molecule has 148 valence electrons. The molecule has 0 spiro atoms. The molecule has 0 saturated carbocycles. The Morgan fingerprint density at radius 1 is 1.32 bits per heavy atom. The number of benzene rings is 1. The second-order valence-corrected chi connectivity index (χ2v) is 5.99. The Hall–Kier alpha value is -3.43. The van der Waals surface area contributed by atoms with E-state index in [-0.39, 0.29) is 13.2 Å². The van der Waals surface area contributed by atoms with Gasteiger partial charge >= 0.3 is 0 Å². The van der Waals surface area contributed by atoms with E-state index >= 15 is 0 Å². The molecule has 1 aromatic carbocycles. The monoisotopic (exact) mass is 391 g/mol. The van der Waals surface area contributed by atoms with E-state index in [4.69, 9.17) is 5.41 Å². The summed E-state index contributed by atoms with van der Waals surface area (Å²) in [5.74, 6) is 0.300. The van der Waals surface area contributed by atoms with Crippen LogP contribution in [0.3, 0.4) is 0 Å². The van der Waals surface area contributed by atoms with Gasteiger partial charge in [0.25, 0.3) is 6.43 Å². The molecule has 3 N–H and O–H groups in total. The van der Waals surface area contributed by atoms with E-state index in [0.717, 1.165) is 16.5 Å². The van der Waals surface area contributed by atoms with Crippen LogP contribution in [0, 0.1) is 18.2 Å². The number of halogens is 3. The van der Waals surface area contributed by atoms with Crippen LogP contribution in [-0.4, -0.2) is 32.4 Å². The molecule has 0 saturated heterocycles. The van der Waals surface area contributed by atoms with Gasteiger partial charge in [0.1, 0.15) is 18.2 Å². The van der Waals surface area contributed by atoms with E-state index in [1.54, 1.807) is 19.1 Å². The summed E-state index contributed by atoms with van der Waals surface area (Å²) in [7, 11) is 0. The van der Waals surface area contributed by atoms with Crippen molar-refractivity contribution in [1.29, 1.82) is 5.41 Å². The van der Waals surface area contributed by atoms with E-state index in [9.17, 15) is 13.2 Å². The fourth-order valence-electron chi connectivity index (χ4n) is 2.52. The van der Waals surface area contributed by atoms with Crippen molar-refractivity contribution < 1.29 is 14.6 Å². The van der Waals surface area contributed by atoms with Crippen LogP contribution in [0.4, 0.5) is 30.6 Å². The van der Waals surface area contributed by atoms with Gasteiger partial charge in [-0.3, -0.25) is 4.68 Å². The third-order valence-electron chi connectivity index (χ3n) is 4.01. The Kier molecular flexibility index (Phi) is 5.87. The number of aromatic nitrogens is 4. The van der Waals surface area contributed by atoms with Crippen LogP contribution >= 0.6 is 0 Å². The molecule has 0 atom stereocenters. The van der Waals surface area contributed by atoms with Crippen LogP contribution in [0.15, 0.2) is 36.8 Å². The predicted molar refractivity (Wildman–Crippen MR) is 102 cm³/mol. The second kappa shape index (κ2) is 8.51. The minimum atomic E-state index is -2.50. The zero-order valence-electron chi connectivity index (χ0n) is 15.0. The van der Waals surface area contributed by atoms with Gasteiger partial charge in [-0.2, -0.15) is 10.1 Å². The number of rotatable bonds is 8. The number of nitrogens with one attached hydrogen (secondary N) is 3. The van der Waals surface area contributed by atoms with Gasteiger partial charge < -0.3 is 16.0 Å². The molecule has 0 fully saturated rings. The predicted octanol–water partition coefficient (Wildman–Crippen LogP) is 3.99. The first kappa shape index (κ1) is 19.3. The normalized spacial score (nSPS) is 10.9. The van der Waals surface area contributed by atoms with Gasteiger partial charge in [0.2, 0.25) is 5.95 Å². The van der Waals surface area contributed by atoms with Crippen LogP contribution in [0.25, 0.3) is 0 Å². The molecule has 7 nitrogen and oxygen atoms in total. The number of anilines is 3. The summed E-state index contributed by atoms with van der Waals surface area (Å²) in [4.78, 5) is 8.42. The zero-order chi connectivity index (χ0) is 20.1. The standard InChI is InChI=1S/C18H18F3N7.H2/c1-11-12(3-2-4-15(11)19)6-23-17-13(5-22)7-24-18(27-17)26-14-8-25-28(9-14)10-16(20)21;/h2-5,7-9,16,22H,6,10H2,1H3,(H2,23,24,26,27);1H. The van der Waals surface area contributed by atoms with Gasteiger partial charge in [0.05, 0.1) is 17.4 Å². The van der Waals surface area contributed by atoms with Gasteiger partial charge in [-0.05, 0) is 24.1 Å². The largest absolute Gasteiger partial charge is 0.365 e. The summed E-state index contributed by atoms with van der Waals surface area (Å²) in [6, 6.07) is 4.82. The minimum absolute atomic E-state index is 0. The van der Waals surface area contributed by atoms with Crippen molar-refractivity contribution in [2.75, 3.05) is 10.6 Å². The Morgan fingerprint density at radius 2 is 2.14 bits per heavy atom. The lowest BCUT2D eigenvalue weighted by molar-refractivity contribution is 0.122. The summed E-state index contributed by atoms with van der Waals surface area (Å²) >= 11 is 0. The topological polar surface area (TPSA) is 91.5 Å². The molecule has 0 amide bonds. The first-order valence-corrected chi connectivity index (χ1v) is 8.39. The number of alkyl halides is 2. The third-order valence-corrected chi connectivity index (χ3v) is 4.01. The summed E-state index contributed by atoms with van der Waals surface area (Å²) in [6.07, 6.45) is 2.86. The molecule has 2 aromatic heterocycles. The summed E-state index contributed by atoms with van der Waals surface area (Å²) < 4.78 is 39.6. The van der Waals surface area contributed by atoms with Gasteiger partial charge in [-0.1, -0.05) is 12.1 Å². The lowest BCUT2D eigenvalue weighted by Crippen LogP contribution is -2.09. The first-order chi connectivity index (χ1) is 13.5. The average Bonchev–Trinajstić information content (AvgIpc) is 3.09. The van der Waals surface area contributed by atoms with Gasteiger partial charge in [-0.25, -0.2) is 18.2 Å². The van der Waals surface area contributed by atoms with E-state index in [1.807, 2.05) is 0 Å². The van der Waals surface area contributed by atoms with Crippen molar-refractivity contribution in [3.63, 3.8) is 0 Å². The van der Waals surface area contributed by atoms with Gasteiger partial charge in [0, 0.05) is 26.6 Å². The fourth-order valence-corrected chi connectivity index (χ4v) is 2.52. The smallest absolute Gasteiger partial charge is 0.257 e. The molecule has 0 aliphatic heterocycles. The lowest BCUT2D eigenvalue weighted by Gasteiger charge is -2.12. The molecule has 0 bridgehead atoms. The molecular formula is C18H20F3N7. The van der Waals surface area contributed by atoms with Crippen molar-refractivity contribution >= 4 is 23.7 Å². The van der Waals surface area contributed by atoms with E-state index in [1.165, 1.54) is 24.7 Å². The third kappa shape index (κ3) is 4.64. The Morgan fingerprint density at radius 3 is 2.89 bits per heavy atom. The molecule has 3 aromatic rings. The molecule has 10 heteroatoms. The van der Waals surface area contributed by atoms with E-state index in [2.05, 4.69) is 25.7 Å². The number of nitrogens with zero attached hydrogens (tertiary/aromatic N) is 4. The summed E-state index contributed by atoms with van der Waals surface area (Å²) in [5.41, 5.74) is 2.20. The highest BCUT2D eigenvalue weighted by molar-refractivity contribution is 5.84. The van der Waals surface area contributed by atoms with Gasteiger partial charge in [0.15, 0.2) is 0 Å². The lowest BCUT2D eigenvalue weighted by atomic mass is 10.1. The summed E-state index contributed by atoms with van der Waals surface area (Å²) in [6.45, 7) is 1.50. The summed E-state index contributed by atoms with van der Waals surface area (Å²) in [5, 5.41) is 17.3. The average molecular weight is 391 g/mol. The molecule has 3 rings (SSSR count). The van der Waals surface area contributed by atoms with E-state index in [0.29, 0.717) is 29.2 Å². The number of hydrogen-bond donors (Lipinski definition) is 3. The van der Waals surface area contributed by atoms with Crippen LogP contribution in [0.2, 0.25) is 0 Å². The highest BCUT2D eigenvalue weighted by atomic mass is 19.3. The maximum Gasteiger partial charge on any atom is 0.257 e. The van der Waals surface area contributed by atoms with Crippen molar-refractivity contribution in [2.45, 2.75) is 26.4 Å². The minimum Gasteiger partial charge on any atom is -0.365 e. The van der Waals surface area contributed by atoms with Crippen molar-refractivity contribution in [2.24, 2.45) is 0 Å². The Labute approximate surface area is 160 Å². The molecule has 0 aliphatic rings. The maximum absolute atomic E-state index is 13.7. The molecular weight excluding hydrogens is 371 g/mol. The van der Waals surface area contributed by atoms with Crippen LogP contribution in [-0.2, 0) is 13.1 Å². The van der Waals surface area contributed by atoms with Crippen LogP contribution in [0.1, 0.15) is 18.1 Å². The quantitative estimate of drug-likeness (QED) is 0.505. The molecule has 0 aliphatic carbocycles. The maximum atomic E-state index is 13.7. The zero-order valence-corrected chi connectivity index (χ0v) is 15.0. The van der Waals surface area contributed by atoms with Gasteiger partial charge in [-0.15, -0.1) is 0 Å². The highest BCUT2D eigenvalue weighted by Gasteiger charge is 2.10. The molecule has 28 heavy (non-hydrogen) atoms.